The molecule has 0 aliphatic carbocycles. The van der Waals surface area contributed by atoms with Crippen molar-refractivity contribution < 1.29 is 4.79 Å². The maximum Gasteiger partial charge on any atom is 0.270 e. The van der Waals surface area contributed by atoms with Gasteiger partial charge in [0.2, 0.25) is 0 Å². The molecule has 0 N–H and O–H groups in total. The number of carbonyl (C=O) groups excluding carboxylic acids is 1. The van der Waals surface area contributed by atoms with Gasteiger partial charge in [0.05, 0.1) is 0 Å². The van der Waals surface area contributed by atoms with E-state index in [2.05, 4.69) is 53.6 Å². The third-order valence-corrected chi connectivity index (χ3v) is 5.88. The third kappa shape index (κ3) is 3.07. The summed E-state index contributed by atoms with van der Waals surface area (Å²) in [7, 11) is 1.98. The van der Waals surface area contributed by atoms with Crippen molar-refractivity contribution in [2.24, 2.45) is 7.05 Å². The summed E-state index contributed by atoms with van der Waals surface area (Å²) in [5.74, 6) is 0.127. The Hall–Kier alpha value is -2.40. The molecule has 0 bridgehead atoms. The molecule has 26 heavy (non-hydrogen) atoms. The SMILES string of the molecule is CSc1ccc2c(c1)cc(C(=O)N1CCN(c3ccccc3)CC1)n2C. The standard InChI is InChI=1S/C21H23N3OS/c1-22-19-9-8-18(26-2)14-16(19)15-20(22)21(25)24-12-10-23(11-13-24)17-6-4-3-5-7-17/h3-9,14-15H,10-13H2,1-2H3. The van der Waals surface area contributed by atoms with Crippen LogP contribution in [-0.4, -0.2) is 47.8 Å². The molecular weight excluding hydrogens is 342 g/mol. The Morgan fingerprint density at radius 3 is 2.38 bits per heavy atom. The maximum absolute atomic E-state index is 13.1. The molecule has 0 saturated carbocycles. The van der Waals surface area contributed by atoms with Crippen LogP contribution in [-0.2, 0) is 7.05 Å². The Morgan fingerprint density at radius 1 is 0.962 bits per heavy atom. The lowest BCUT2D eigenvalue weighted by atomic mass is 10.2. The lowest BCUT2D eigenvalue weighted by Gasteiger charge is -2.36. The van der Waals surface area contributed by atoms with E-state index < -0.39 is 0 Å². The number of hydrogen-bond acceptors (Lipinski definition) is 3. The van der Waals surface area contributed by atoms with Gasteiger partial charge in [0.1, 0.15) is 5.69 Å². The van der Waals surface area contributed by atoms with Crippen LogP contribution in [0.25, 0.3) is 10.9 Å². The molecule has 1 amide bonds. The number of benzene rings is 2. The molecule has 134 valence electrons. The fourth-order valence-corrected chi connectivity index (χ4v) is 4.08. The first-order chi connectivity index (χ1) is 12.7. The zero-order valence-corrected chi connectivity index (χ0v) is 16.0. The first kappa shape index (κ1) is 17.0. The molecule has 1 saturated heterocycles. The van der Waals surface area contributed by atoms with Gasteiger partial charge in [-0.2, -0.15) is 0 Å². The lowest BCUT2D eigenvalue weighted by Crippen LogP contribution is -2.49. The van der Waals surface area contributed by atoms with Gasteiger partial charge in [-0.25, -0.2) is 0 Å². The van der Waals surface area contributed by atoms with E-state index in [1.165, 1.54) is 10.6 Å². The number of amides is 1. The van der Waals surface area contributed by atoms with Gasteiger partial charge in [-0.3, -0.25) is 4.79 Å². The van der Waals surface area contributed by atoms with E-state index in [9.17, 15) is 4.79 Å². The summed E-state index contributed by atoms with van der Waals surface area (Å²) in [6.45, 7) is 3.25. The van der Waals surface area contributed by atoms with Gasteiger partial charge in [0.15, 0.2) is 0 Å². The molecule has 0 spiro atoms. The smallest absolute Gasteiger partial charge is 0.270 e. The van der Waals surface area contributed by atoms with E-state index in [0.717, 1.165) is 42.8 Å². The fourth-order valence-electron chi connectivity index (χ4n) is 3.63. The molecule has 2 heterocycles. The second-order valence-electron chi connectivity index (χ2n) is 6.63. The zero-order valence-electron chi connectivity index (χ0n) is 15.2. The second-order valence-corrected chi connectivity index (χ2v) is 7.51. The molecule has 0 radical (unpaired) electrons. The number of aryl methyl sites for hydroxylation is 1. The van der Waals surface area contributed by atoms with E-state index in [1.807, 2.05) is 28.6 Å². The summed E-state index contributed by atoms with van der Waals surface area (Å²) in [5.41, 5.74) is 3.11. The lowest BCUT2D eigenvalue weighted by molar-refractivity contribution is 0.0737. The molecular formula is C21H23N3OS. The predicted molar refractivity (Wildman–Crippen MR) is 109 cm³/mol. The molecule has 1 aromatic heterocycles. The summed E-state index contributed by atoms with van der Waals surface area (Å²) >= 11 is 1.72. The minimum Gasteiger partial charge on any atom is -0.368 e. The average molecular weight is 366 g/mol. The van der Waals surface area contributed by atoms with Gasteiger partial charge in [-0.15, -0.1) is 11.8 Å². The number of nitrogens with zero attached hydrogens (tertiary/aromatic N) is 3. The van der Waals surface area contributed by atoms with Crippen LogP contribution in [0.4, 0.5) is 5.69 Å². The van der Waals surface area contributed by atoms with E-state index in [-0.39, 0.29) is 5.91 Å². The largest absolute Gasteiger partial charge is 0.368 e. The molecule has 4 rings (SSSR count). The molecule has 0 atom stereocenters. The van der Waals surface area contributed by atoms with Crippen LogP contribution in [0.2, 0.25) is 0 Å². The number of thioether (sulfide) groups is 1. The second kappa shape index (κ2) is 7.08. The van der Waals surface area contributed by atoms with E-state index in [0.29, 0.717) is 0 Å². The summed E-state index contributed by atoms with van der Waals surface area (Å²) in [4.78, 5) is 18.6. The molecule has 1 aliphatic heterocycles. The first-order valence-electron chi connectivity index (χ1n) is 8.90. The minimum absolute atomic E-state index is 0.127. The highest BCUT2D eigenvalue weighted by Crippen LogP contribution is 2.25. The summed E-state index contributed by atoms with van der Waals surface area (Å²) < 4.78 is 2.02. The van der Waals surface area contributed by atoms with Crippen molar-refractivity contribution >= 4 is 34.3 Å². The highest BCUT2D eigenvalue weighted by atomic mass is 32.2. The monoisotopic (exact) mass is 365 g/mol. The number of fused-ring (bicyclic) bond motifs is 1. The molecule has 4 nitrogen and oxygen atoms in total. The van der Waals surface area contributed by atoms with E-state index in [4.69, 9.17) is 0 Å². The molecule has 5 heteroatoms. The third-order valence-electron chi connectivity index (χ3n) is 5.16. The first-order valence-corrected chi connectivity index (χ1v) is 10.1. The van der Waals surface area contributed by atoms with Gasteiger partial charge in [0, 0.05) is 54.7 Å². The van der Waals surface area contributed by atoms with Crippen LogP contribution in [0, 0.1) is 0 Å². The van der Waals surface area contributed by atoms with Crippen LogP contribution >= 0.6 is 11.8 Å². The van der Waals surface area contributed by atoms with Crippen molar-refractivity contribution in [1.82, 2.24) is 9.47 Å². The normalized spacial score (nSPS) is 14.8. The molecule has 3 aromatic rings. The van der Waals surface area contributed by atoms with Crippen molar-refractivity contribution in [3.8, 4) is 0 Å². The molecule has 1 aliphatic rings. The number of carbonyl (C=O) groups is 1. The Bertz CT molecular complexity index is 927. The Labute approximate surface area is 158 Å². The van der Waals surface area contributed by atoms with Crippen molar-refractivity contribution in [3.63, 3.8) is 0 Å². The van der Waals surface area contributed by atoms with Gasteiger partial charge < -0.3 is 14.4 Å². The van der Waals surface area contributed by atoms with Crippen LogP contribution in [0.3, 0.4) is 0 Å². The highest BCUT2D eigenvalue weighted by Gasteiger charge is 2.24. The van der Waals surface area contributed by atoms with E-state index in [1.54, 1.807) is 11.8 Å². The van der Waals surface area contributed by atoms with Gasteiger partial charge in [-0.05, 0) is 42.7 Å². The zero-order chi connectivity index (χ0) is 18.1. The van der Waals surface area contributed by atoms with Crippen LogP contribution in [0.15, 0.2) is 59.5 Å². The number of aromatic nitrogens is 1. The number of piperazine rings is 1. The van der Waals surface area contributed by atoms with E-state index >= 15 is 0 Å². The molecule has 1 fully saturated rings. The van der Waals surface area contributed by atoms with Crippen LogP contribution in [0.5, 0.6) is 0 Å². The Kier molecular flexibility index (Phi) is 4.64. The number of hydrogen-bond donors (Lipinski definition) is 0. The van der Waals surface area contributed by atoms with Gasteiger partial charge >= 0.3 is 0 Å². The number of para-hydroxylation sites is 1. The van der Waals surface area contributed by atoms with Gasteiger partial charge in [-0.1, -0.05) is 18.2 Å². The fraction of sp³-hybridized carbons (Fsp3) is 0.286. The van der Waals surface area contributed by atoms with Crippen molar-refractivity contribution in [1.29, 1.82) is 0 Å². The highest BCUT2D eigenvalue weighted by molar-refractivity contribution is 7.98. The van der Waals surface area contributed by atoms with Crippen molar-refractivity contribution in [3.05, 3.63) is 60.3 Å². The molecule has 0 unspecified atom stereocenters. The van der Waals surface area contributed by atoms with Crippen LogP contribution in [0.1, 0.15) is 10.5 Å². The average Bonchev–Trinajstić information content (AvgIpc) is 3.04. The topological polar surface area (TPSA) is 28.5 Å². The number of rotatable bonds is 3. The summed E-state index contributed by atoms with van der Waals surface area (Å²) in [6.07, 6.45) is 2.07. The summed E-state index contributed by atoms with van der Waals surface area (Å²) in [6, 6.07) is 18.8. The Morgan fingerprint density at radius 2 is 1.69 bits per heavy atom. The minimum atomic E-state index is 0.127. The summed E-state index contributed by atoms with van der Waals surface area (Å²) in [5, 5.41) is 1.13. The van der Waals surface area contributed by atoms with Gasteiger partial charge in [0.25, 0.3) is 5.91 Å². The van der Waals surface area contributed by atoms with Crippen molar-refractivity contribution in [2.75, 3.05) is 37.3 Å². The molecule has 2 aromatic carbocycles. The quantitative estimate of drug-likeness (QED) is 0.660. The number of anilines is 1. The predicted octanol–water partition coefficient (Wildman–Crippen LogP) is 3.86. The maximum atomic E-state index is 13.1. The van der Waals surface area contributed by atoms with Crippen LogP contribution < -0.4 is 4.90 Å². The van der Waals surface area contributed by atoms with Crippen molar-refractivity contribution in [2.45, 2.75) is 4.90 Å². The Balaban J connectivity index is 1.52.